The van der Waals surface area contributed by atoms with Crippen LogP contribution in [-0.4, -0.2) is 42.8 Å². The van der Waals surface area contributed by atoms with Crippen LogP contribution in [0.4, 0.5) is 0 Å². The van der Waals surface area contributed by atoms with Gasteiger partial charge in [0.15, 0.2) is 6.10 Å². The van der Waals surface area contributed by atoms with Crippen LogP contribution >= 0.6 is 7.82 Å². The highest BCUT2D eigenvalue weighted by Crippen LogP contribution is 2.43. The number of rotatable bonds is 44. The Hall–Kier alpha value is -1.21. The number of allylic oxidation sites excluding steroid dienone is 2. The van der Waals surface area contributed by atoms with Crippen molar-refractivity contribution in [3.05, 3.63) is 12.2 Å². The summed E-state index contributed by atoms with van der Waals surface area (Å²) in [6, 6.07) is 0. The second-order valence-corrected chi connectivity index (χ2v) is 17.2. The van der Waals surface area contributed by atoms with Gasteiger partial charge in [-0.3, -0.25) is 18.6 Å². The quantitative estimate of drug-likeness (QED) is 0.0281. The third-order valence-corrected chi connectivity index (χ3v) is 11.4. The fourth-order valence-corrected chi connectivity index (χ4v) is 7.60. The van der Waals surface area contributed by atoms with E-state index in [1.165, 1.54) is 148 Å². The molecule has 0 heterocycles. The molecule has 1 N–H and O–H groups in total. The fraction of sp³-hybridized carbons (Fsp3) is 0.913. The van der Waals surface area contributed by atoms with E-state index in [0.29, 0.717) is 12.8 Å². The molecule has 2 atom stereocenters. The minimum absolute atomic E-state index is 0.00194. The van der Waals surface area contributed by atoms with Gasteiger partial charge in [0.25, 0.3) is 0 Å². The van der Waals surface area contributed by atoms with Crippen LogP contribution in [0.2, 0.25) is 0 Å². The van der Waals surface area contributed by atoms with Gasteiger partial charge in [0.05, 0.1) is 13.2 Å². The Kier molecular flexibility index (Phi) is 41.5. The topological polar surface area (TPSA) is 108 Å². The van der Waals surface area contributed by atoms with Crippen molar-refractivity contribution in [3.63, 3.8) is 0 Å². The van der Waals surface area contributed by atoms with Crippen LogP contribution in [0.1, 0.15) is 245 Å². The molecule has 0 fully saturated rings. The Labute approximate surface area is 340 Å². The molecule has 9 heteroatoms. The second-order valence-electron chi connectivity index (χ2n) is 15.8. The van der Waals surface area contributed by atoms with E-state index < -0.39 is 26.5 Å². The summed E-state index contributed by atoms with van der Waals surface area (Å²) in [6.45, 7) is 5.46. The van der Waals surface area contributed by atoms with Crippen LogP contribution < -0.4 is 0 Å². The molecule has 0 radical (unpaired) electrons. The van der Waals surface area contributed by atoms with Crippen molar-refractivity contribution >= 4 is 19.8 Å². The molecule has 0 amide bonds. The summed E-state index contributed by atoms with van der Waals surface area (Å²) < 4.78 is 32.6. The molecule has 2 unspecified atom stereocenters. The van der Waals surface area contributed by atoms with Gasteiger partial charge in [-0.1, -0.05) is 206 Å². The molecular weight excluding hydrogens is 711 g/mol. The largest absolute Gasteiger partial charge is 0.472 e. The zero-order valence-corrected chi connectivity index (χ0v) is 37.2. The zero-order chi connectivity index (χ0) is 40.3. The SMILES string of the molecule is CCCC/C=C\CCCCCCCC(=O)OC(COC(=O)CCCCCCCCCCCCCCCCCCCCCCCCCC)COP(=O)(O)OCC. The normalized spacial score (nSPS) is 13.3. The Morgan fingerprint density at radius 2 is 0.836 bits per heavy atom. The van der Waals surface area contributed by atoms with E-state index >= 15 is 0 Å². The van der Waals surface area contributed by atoms with Crippen LogP contribution in [0.25, 0.3) is 0 Å². The summed E-state index contributed by atoms with van der Waals surface area (Å²) in [5.41, 5.74) is 0. The van der Waals surface area contributed by atoms with E-state index in [0.717, 1.165) is 57.8 Å². The molecule has 8 nitrogen and oxygen atoms in total. The van der Waals surface area contributed by atoms with Gasteiger partial charge >= 0.3 is 19.8 Å². The van der Waals surface area contributed by atoms with Crippen molar-refractivity contribution in [2.75, 3.05) is 19.8 Å². The van der Waals surface area contributed by atoms with Crippen molar-refractivity contribution in [1.82, 2.24) is 0 Å². The smallest absolute Gasteiger partial charge is 0.462 e. The molecule has 0 spiro atoms. The number of unbranched alkanes of at least 4 members (excludes halogenated alkanes) is 30. The highest BCUT2D eigenvalue weighted by atomic mass is 31.2. The zero-order valence-electron chi connectivity index (χ0n) is 36.4. The first kappa shape index (κ1) is 53.8. The van der Waals surface area contributed by atoms with Crippen LogP contribution in [0.3, 0.4) is 0 Å². The first-order chi connectivity index (χ1) is 26.8. The molecule has 0 aromatic carbocycles. The van der Waals surface area contributed by atoms with Crippen molar-refractivity contribution in [3.8, 4) is 0 Å². The summed E-state index contributed by atoms with van der Waals surface area (Å²) in [6.07, 6.45) is 45.7. The van der Waals surface area contributed by atoms with Crippen molar-refractivity contribution in [2.45, 2.75) is 252 Å². The van der Waals surface area contributed by atoms with Gasteiger partial charge in [-0.2, -0.15) is 0 Å². The molecule has 0 aliphatic heterocycles. The van der Waals surface area contributed by atoms with E-state index in [4.69, 9.17) is 18.5 Å². The Morgan fingerprint density at radius 3 is 1.25 bits per heavy atom. The number of hydrogen-bond acceptors (Lipinski definition) is 7. The standard InChI is InChI=1S/C46H89O8P/c1-4-7-9-11-13-15-17-18-19-20-21-22-23-24-25-26-27-28-29-31-32-34-36-38-40-45(47)51-42-44(43-53-55(49,50)52-6-3)54-46(48)41-39-37-35-33-30-16-14-12-10-8-5-2/h12,14,44H,4-11,13,15-43H2,1-3H3,(H,49,50)/b14-12-. The molecule has 0 aliphatic rings. The number of ether oxygens (including phenoxy) is 2. The molecule has 0 saturated heterocycles. The number of phosphoric acid groups is 1. The molecule has 326 valence electrons. The lowest BCUT2D eigenvalue weighted by atomic mass is 10.0. The number of phosphoric ester groups is 1. The molecule has 0 rings (SSSR count). The van der Waals surface area contributed by atoms with E-state index in [1.807, 2.05) is 0 Å². The first-order valence-electron chi connectivity index (χ1n) is 23.5. The monoisotopic (exact) mass is 801 g/mol. The van der Waals surface area contributed by atoms with E-state index in [-0.39, 0.29) is 25.6 Å². The third-order valence-electron chi connectivity index (χ3n) is 10.3. The summed E-state index contributed by atoms with van der Waals surface area (Å²) in [7, 11) is -4.28. The first-order valence-corrected chi connectivity index (χ1v) is 25.0. The third kappa shape index (κ3) is 42.2. The van der Waals surface area contributed by atoms with Gasteiger partial charge in [0, 0.05) is 12.8 Å². The lowest BCUT2D eigenvalue weighted by Crippen LogP contribution is -2.29. The van der Waals surface area contributed by atoms with Crippen LogP contribution in [0.5, 0.6) is 0 Å². The van der Waals surface area contributed by atoms with Gasteiger partial charge in [-0.25, -0.2) is 4.57 Å². The maximum Gasteiger partial charge on any atom is 0.472 e. The summed E-state index contributed by atoms with van der Waals surface area (Å²) >= 11 is 0. The minimum Gasteiger partial charge on any atom is -0.462 e. The number of esters is 2. The Morgan fingerprint density at radius 1 is 0.473 bits per heavy atom. The minimum atomic E-state index is -4.28. The van der Waals surface area contributed by atoms with Crippen LogP contribution in [0, 0.1) is 0 Å². The highest BCUT2D eigenvalue weighted by molar-refractivity contribution is 7.47. The predicted molar refractivity (Wildman–Crippen MR) is 230 cm³/mol. The number of carbonyl (C=O) groups excluding carboxylic acids is 2. The number of carbonyl (C=O) groups is 2. The molecule has 55 heavy (non-hydrogen) atoms. The van der Waals surface area contributed by atoms with Gasteiger partial charge in [0.2, 0.25) is 0 Å². The van der Waals surface area contributed by atoms with Crippen LogP contribution in [-0.2, 0) is 32.7 Å². The van der Waals surface area contributed by atoms with Crippen LogP contribution in [0.15, 0.2) is 12.2 Å². The summed E-state index contributed by atoms with van der Waals surface area (Å²) in [5.74, 6) is -0.797. The van der Waals surface area contributed by atoms with Crippen molar-refractivity contribution < 1.29 is 37.6 Å². The fourth-order valence-electron chi connectivity index (χ4n) is 6.85. The molecular formula is C46H89O8P. The van der Waals surface area contributed by atoms with Gasteiger partial charge in [-0.15, -0.1) is 0 Å². The van der Waals surface area contributed by atoms with E-state index in [1.54, 1.807) is 6.92 Å². The Balaban J connectivity index is 3.87. The van der Waals surface area contributed by atoms with E-state index in [2.05, 4.69) is 26.0 Å². The molecule has 0 saturated carbocycles. The average molecular weight is 801 g/mol. The van der Waals surface area contributed by atoms with Gasteiger partial charge < -0.3 is 14.4 Å². The predicted octanol–water partition coefficient (Wildman–Crippen LogP) is 14.8. The molecule has 0 aromatic rings. The van der Waals surface area contributed by atoms with Crippen molar-refractivity contribution in [2.24, 2.45) is 0 Å². The van der Waals surface area contributed by atoms with Crippen molar-refractivity contribution in [1.29, 1.82) is 0 Å². The highest BCUT2D eigenvalue weighted by Gasteiger charge is 2.25. The molecule has 0 aromatic heterocycles. The molecule has 0 bridgehead atoms. The molecule has 0 aliphatic carbocycles. The van der Waals surface area contributed by atoms with E-state index in [9.17, 15) is 19.0 Å². The second kappa shape index (κ2) is 42.4. The number of hydrogen-bond donors (Lipinski definition) is 1. The van der Waals surface area contributed by atoms with Gasteiger partial charge in [-0.05, 0) is 39.0 Å². The summed E-state index contributed by atoms with van der Waals surface area (Å²) in [5, 5.41) is 0. The average Bonchev–Trinajstić information content (AvgIpc) is 3.16. The van der Waals surface area contributed by atoms with Gasteiger partial charge in [0.1, 0.15) is 6.61 Å². The Bertz CT molecular complexity index is 910. The lowest BCUT2D eigenvalue weighted by Gasteiger charge is -2.19. The lowest BCUT2D eigenvalue weighted by molar-refractivity contribution is -0.161. The summed E-state index contributed by atoms with van der Waals surface area (Å²) in [4.78, 5) is 34.7. The maximum atomic E-state index is 12.5. The maximum absolute atomic E-state index is 12.5.